The molecular weight excluding hydrogens is 368 g/mol. The molecule has 0 bridgehead atoms. The van der Waals surface area contributed by atoms with E-state index in [-0.39, 0.29) is 8.18 Å². The van der Waals surface area contributed by atoms with Crippen molar-refractivity contribution in [3.05, 3.63) is 28.2 Å². The summed E-state index contributed by atoms with van der Waals surface area (Å²) in [5.74, 6) is 0. The first kappa shape index (κ1) is 16.3. The molecule has 0 amide bonds. The van der Waals surface area contributed by atoms with E-state index in [9.17, 15) is 25.6 Å². The molecule has 1 rings (SSSR count). The fourth-order valence-corrected chi connectivity index (χ4v) is 4.86. The fourth-order valence-electron chi connectivity index (χ4n) is 1.47. The van der Waals surface area contributed by atoms with Crippen molar-refractivity contribution in [3.8, 4) is 0 Å². The molecule has 0 fully saturated rings. The van der Waals surface area contributed by atoms with Gasteiger partial charge in [-0.05, 0) is 18.2 Å². The van der Waals surface area contributed by atoms with Gasteiger partial charge in [0, 0.05) is 10.0 Å². The van der Waals surface area contributed by atoms with Gasteiger partial charge >= 0.3 is 0 Å². The van der Waals surface area contributed by atoms with E-state index < -0.39 is 37.7 Å². The molecule has 0 saturated carbocycles. The third kappa shape index (κ3) is 3.86. The van der Waals surface area contributed by atoms with Gasteiger partial charge in [-0.25, -0.2) is 25.6 Å². The van der Waals surface area contributed by atoms with Crippen LogP contribution in [0.3, 0.4) is 0 Å². The molecule has 0 atom stereocenters. The zero-order valence-electron chi connectivity index (χ0n) is 9.84. The van der Waals surface area contributed by atoms with Crippen LogP contribution in [0.5, 0.6) is 0 Å². The van der Waals surface area contributed by atoms with E-state index >= 15 is 0 Å². The number of hydrogen-bond donors (Lipinski definition) is 0. The van der Waals surface area contributed by atoms with Crippen LogP contribution < -0.4 is 3.71 Å². The molecule has 0 heterocycles. The van der Waals surface area contributed by atoms with Crippen LogP contribution in [0.1, 0.15) is 12.0 Å². The summed E-state index contributed by atoms with van der Waals surface area (Å²) in [6.45, 7) is 0. The van der Waals surface area contributed by atoms with Crippen molar-refractivity contribution >= 4 is 41.7 Å². The molecule has 108 valence electrons. The molecule has 0 saturated heterocycles. The van der Waals surface area contributed by atoms with Crippen LogP contribution in [0, 0.1) is 0 Å². The lowest BCUT2D eigenvalue weighted by Gasteiger charge is -2.22. The standard InChI is InChI=1S/C9H10BrF2NO4S2/c1-18(14,15)13(19(2,16)17)8-4-3-6(10)5-7(8)9(11)12/h3-5,9H,1-2H3. The van der Waals surface area contributed by atoms with E-state index in [0.29, 0.717) is 12.5 Å². The molecule has 1 aromatic carbocycles. The lowest BCUT2D eigenvalue weighted by Crippen LogP contribution is -2.36. The number of nitrogens with zero attached hydrogens (tertiary/aromatic N) is 1. The van der Waals surface area contributed by atoms with Gasteiger partial charge in [0.1, 0.15) is 0 Å². The predicted octanol–water partition coefficient (Wildman–Crippen LogP) is 2.11. The van der Waals surface area contributed by atoms with E-state index in [4.69, 9.17) is 0 Å². The molecule has 1 aromatic rings. The zero-order chi connectivity index (χ0) is 15.0. The molecular formula is C9H10BrF2NO4S2. The Balaban J connectivity index is 3.67. The van der Waals surface area contributed by atoms with Gasteiger partial charge in [-0.3, -0.25) is 0 Å². The van der Waals surface area contributed by atoms with Gasteiger partial charge in [0.2, 0.25) is 20.0 Å². The number of alkyl halides is 2. The summed E-state index contributed by atoms with van der Waals surface area (Å²) in [5, 5.41) is 0. The number of halogens is 3. The summed E-state index contributed by atoms with van der Waals surface area (Å²) < 4.78 is 72.2. The molecule has 0 spiro atoms. The van der Waals surface area contributed by atoms with Crippen molar-refractivity contribution in [2.75, 3.05) is 16.2 Å². The Hall–Kier alpha value is -0.740. The van der Waals surface area contributed by atoms with E-state index in [1.54, 1.807) is 0 Å². The van der Waals surface area contributed by atoms with Crippen LogP contribution in [-0.2, 0) is 20.0 Å². The Labute approximate surface area is 118 Å². The van der Waals surface area contributed by atoms with Crippen molar-refractivity contribution in [2.45, 2.75) is 6.43 Å². The largest absolute Gasteiger partial charge is 0.265 e. The average Bonchev–Trinajstić information content (AvgIpc) is 2.16. The van der Waals surface area contributed by atoms with Gasteiger partial charge in [0.25, 0.3) is 6.43 Å². The third-order valence-corrected chi connectivity index (χ3v) is 5.74. The molecule has 0 unspecified atom stereocenters. The molecule has 0 N–H and O–H groups in total. The summed E-state index contributed by atoms with van der Waals surface area (Å²) in [5.41, 5.74) is -1.27. The minimum Gasteiger partial charge on any atom is -0.206 e. The molecule has 0 aliphatic rings. The highest BCUT2D eigenvalue weighted by Gasteiger charge is 2.31. The van der Waals surface area contributed by atoms with Gasteiger partial charge in [0.15, 0.2) is 0 Å². The zero-order valence-corrected chi connectivity index (χ0v) is 13.1. The highest BCUT2D eigenvalue weighted by atomic mass is 79.9. The summed E-state index contributed by atoms with van der Waals surface area (Å²) in [6, 6.07) is 3.27. The molecule has 0 aromatic heterocycles. The summed E-state index contributed by atoms with van der Waals surface area (Å²) in [6.07, 6.45) is -1.75. The van der Waals surface area contributed by atoms with Crippen molar-refractivity contribution in [3.63, 3.8) is 0 Å². The van der Waals surface area contributed by atoms with Crippen molar-refractivity contribution in [2.24, 2.45) is 0 Å². The summed E-state index contributed by atoms with van der Waals surface area (Å²) in [7, 11) is -8.50. The third-order valence-electron chi connectivity index (χ3n) is 2.02. The van der Waals surface area contributed by atoms with Gasteiger partial charge in [-0.1, -0.05) is 15.9 Å². The summed E-state index contributed by atoms with van der Waals surface area (Å²) in [4.78, 5) is 0. The molecule has 0 aliphatic carbocycles. The van der Waals surface area contributed by atoms with Crippen LogP contribution in [0.2, 0.25) is 0 Å². The highest BCUT2D eigenvalue weighted by molar-refractivity contribution is 9.10. The first-order chi connectivity index (χ1) is 8.44. The van der Waals surface area contributed by atoms with Gasteiger partial charge < -0.3 is 0 Å². The Morgan fingerprint density at radius 1 is 1.11 bits per heavy atom. The van der Waals surface area contributed by atoms with Crippen LogP contribution in [0.4, 0.5) is 14.5 Å². The van der Waals surface area contributed by atoms with Gasteiger partial charge in [0.05, 0.1) is 18.2 Å². The van der Waals surface area contributed by atoms with Crippen molar-refractivity contribution < 1.29 is 25.6 Å². The lowest BCUT2D eigenvalue weighted by atomic mass is 10.2. The smallest absolute Gasteiger partial charge is 0.206 e. The number of anilines is 1. The van der Waals surface area contributed by atoms with Crippen molar-refractivity contribution in [1.82, 2.24) is 0 Å². The molecule has 10 heteroatoms. The number of sulfonamides is 2. The van der Waals surface area contributed by atoms with E-state index in [1.807, 2.05) is 0 Å². The second-order valence-electron chi connectivity index (χ2n) is 3.73. The number of benzene rings is 1. The number of hydrogen-bond acceptors (Lipinski definition) is 4. The Morgan fingerprint density at radius 2 is 1.58 bits per heavy atom. The predicted molar refractivity (Wildman–Crippen MR) is 71.3 cm³/mol. The molecule has 5 nitrogen and oxygen atoms in total. The quantitative estimate of drug-likeness (QED) is 0.805. The van der Waals surface area contributed by atoms with Crippen LogP contribution in [-0.4, -0.2) is 29.3 Å². The van der Waals surface area contributed by atoms with Crippen LogP contribution in [0.15, 0.2) is 22.7 Å². The SMILES string of the molecule is CS(=O)(=O)N(c1ccc(Br)cc1C(F)F)S(C)(=O)=O. The Bertz CT molecular complexity index is 656. The minimum atomic E-state index is -4.25. The maximum Gasteiger partial charge on any atom is 0.265 e. The van der Waals surface area contributed by atoms with E-state index in [2.05, 4.69) is 15.9 Å². The minimum absolute atomic E-state index is 0.00602. The van der Waals surface area contributed by atoms with Gasteiger partial charge in [-0.15, -0.1) is 0 Å². The maximum absolute atomic E-state index is 12.9. The maximum atomic E-state index is 12.9. The Morgan fingerprint density at radius 3 is 1.95 bits per heavy atom. The molecule has 0 aliphatic heterocycles. The molecule has 19 heavy (non-hydrogen) atoms. The monoisotopic (exact) mass is 377 g/mol. The topological polar surface area (TPSA) is 71.5 Å². The van der Waals surface area contributed by atoms with Crippen molar-refractivity contribution in [1.29, 1.82) is 0 Å². The molecule has 0 radical (unpaired) electrons. The van der Waals surface area contributed by atoms with E-state index in [1.165, 1.54) is 6.07 Å². The Kier molecular flexibility index (Phi) is 4.58. The fraction of sp³-hybridized carbons (Fsp3) is 0.333. The first-order valence-corrected chi connectivity index (χ1v) is 9.21. The number of rotatable bonds is 4. The van der Waals surface area contributed by atoms with E-state index in [0.717, 1.165) is 12.1 Å². The van der Waals surface area contributed by atoms with Crippen LogP contribution >= 0.6 is 15.9 Å². The average molecular weight is 378 g/mol. The highest BCUT2D eigenvalue weighted by Crippen LogP contribution is 2.34. The first-order valence-electron chi connectivity index (χ1n) is 4.72. The van der Waals surface area contributed by atoms with Crippen LogP contribution in [0.25, 0.3) is 0 Å². The lowest BCUT2D eigenvalue weighted by molar-refractivity contribution is 0.152. The normalized spacial score (nSPS) is 12.7. The summed E-state index contributed by atoms with van der Waals surface area (Å²) >= 11 is 2.96. The second kappa shape index (κ2) is 5.33. The van der Waals surface area contributed by atoms with Gasteiger partial charge in [-0.2, -0.15) is 3.71 Å². The second-order valence-corrected chi connectivity index (χ2v) is 8.54.